The molecule has 0 saturated carbocycles. The molecule has 0 aliphatic carbocycles. The highest BCUT2D eigenvalue weighted by Gasteiger charge is 2.06. The molecule has 11 heavy (non-hydrogen) atoms. The van der Waals surface area contributed by atoms with Crippen molar-refractivity contribution in [3.05, 3.63) is 22.1 Å². The van der Waals surface area contributed by atoms with Gasteiger partial charge in [-0.25, -0.2) is 0 Å². The van der Waals surface area contributed by atoms with E-state index in [0.717, 1.165) is 0 Å². The summed E-state index contributed by atoms with van der Waals surface area (Å²) >= 11 is 3.17. The van der Waals surface area contributed by atoms with Crippen molar-refractivity contribution in [3.63, 3.8) is 0 Å². The van der Waals surface area contributed by atoms with E-state index in [4.69, 9.17) is 9.15 Å². The molecule has 0 aliphatic rings. The zero-order valence-corrected chi connectivity index (χ0v) is 7.55. The SMILES string of the molecule is COCc1cc(Br)c(C=O)o1. The van der Waals surface area contributed by atoms with Crippen molar-refractivity contribution in [3.8, 4) is 0 Å². The minimum Gasteiger partial charge on any atom is -0.455 e. The number of carbonyl (C=O) groups is 1. The molecule has 3 nitrogen and oxygen atoms in total. The average molecular weight is 219 g/mol. The van der Waals surface area contributed by atoms with Gasteiger partial charge < -0.3 is 9.15 Å². The van der Waals surface area contributed by atoms with E-state index in [1.165, 1.54) is 0 Å². The summed E-state index contributed by atoms with van der Waals surface area (Å²) in [6, 6.07) is 1.72. The summed E-state index contributed by atoms with van der Waals surface area (Å²) in [5, 5.41) is 0. The quantitative estimate of drug-likeness (QED) is 0.729. The summed E-state index contributed by atoms with van der Waals surface area (Å²) in [6.07, 6.45) is 0.656. The van der Waals surface area contributed by atoms with Gasteiger partial charge in [-0.05, 0) is 22.0 Å². The lowest BCUT2D eigenvalue weighted by Crippen LogP contribution is -1.82. The molecular formula is C7H7BrO3. The minimum atomic E-state index is 0.303. The molecule has 0 fully saturated rings. The lowest BCUT2D eigenvalue weighted by molar-refractivity contribution is 0.109. The van der Waals surface area contributed by atoms with Crippen LogP contribution in [0.5, 0.6) is 0 Å². The summed E-state index contributed by atoms with van der Waals surface area (Å²) < 4.78 is 10.5. The van der Waals surface area contributed by atoms with Crippen molar-refractivity contribution >= 4 is 22.2 Å². The first-order valence-electron chi connectivity index (χ1n) is 3.00. The highest BCUT2D eigenvalue weighted by Crippen LogP contribution is 2.20. The van der Waals surface area contributed by atoms with E-state index in [2.05, 4.69) is 15.9 Å². The molecule has 0 aliphatic heterocycles. The van der Waals surface area contributed by atoms with Gasteiger partial charge in [0.15, 0.2) is 12.0 Å². The van der Waals surface area contributed by atoms with Gasteiger partial charge in [-0.1, -0.05) is 0 Å². The Hall–Kier alpha value is -0.610. The van der Waals surface area contributed by atoms with Gasteiger partial charge in [-0.15, -0.1) is 0 Å². The molecule has 0 unspecified atom stereocenters. The van der Waals surface area contributed by atoms with Gasteiger partial charge in [0, 0.05) is 7.11 Å². The van der Waals surface area contributed by atoms with E-state index in [0.29, 0.717) is 28.9 Å². The molecule has 0 aromatic carbocycles. The highest BCUT2D eigenvalue weighted by molar-refractivity contribution is 9.10. The number of hydrogen-bond acceptors (Lipinski definition) is 3. The van der Waals surface area contributed by atoms with Crippen LogP contribution in [-0.4, -0.2) is 13.4 Å². The van der Waals surface area contributed by atoms with E-state index >= 15 is 0 Å². The molecule has 1 aromatic heterocycles. The molecular weight excluding hydrogens is 212 g/mol. The molecule has 0 radical (unpaired) electrons. The van der Waals surface area contributed by atoms with Gasteiger partial charge in [-0.2, -0.15) is 0 Å². The summed E-state index contributed by atoms with van der Waals surface area (Å²) in [5.74, 6) is 0.943. The number of halogens is 1. The second-order valence-electron chi connectivity index (χ2n) is 1.98. The first-order chi connectivity index (χ1) is 5.27. The highest BCUT2D eigenvalue weighted by atomic mass is 79.9. The molecule has 0 N–H and O–H groups in total. The predicted molar refractivity (Wildman–Crippen MR) is 42.5 cm³/mol. The van der Waals surface area contributed by atoms with Crippen molar-refractivity contribution in [2.24, 2.45) is 0 Å². The van der Waals surface area contributed by atoms with E-state index in [1.54, 1.807) is 13.2 Å². The summed E-state index contributed by atoms with van der Waals surface area (Å²) in [4.78, 5) is 10.3. The Morgan fingerprint density at radius 2 is 2.55 bits per heavy atom. The fourth-order valence-electron chi connectivity index (χ4n) is 0.726. The van der Waals surface area contributed by atoms with Crippen molar-refractivity contribution in [1.82, 2.24) is 0 Å². The van der Waals surface area contributed by atoms with Crippen LogP contribution in [0.4, 0.5) is 0 Å². The van der Waals surface area contributed by atoms with Crippen LogP contribution in [0.25, 0.3) is 0 Å². The van der Waals surface area contributed by atoms with E-state index in [1.807, 2.05) is 0 Å². The maximum Gasteiger partial charge on any atom is 0.186 e. The Labute approximate surface area is 72.5 Å². The summed E-state index contributed by atoms with van der Waals surface area (Å²) in [7, 11) is 1.57. The van der Waals surface area contributed by atoms with E-state index in [9.17, 15) is 4.79 Å². The monoisotopic (exact) mass is 218 g/mol. The van der Waals surface area contributed by atoms with Gasteiger partial charge >= 0.3 is 0 Å². The number of rotatable bonds is 3. The standard InChI is InChI=1S/C7H7BrO3/c1-10-4-5-2-6(8)7(3-9)11-5/h2-3H,4H2,1H3. The Morgan fingerprint density at radius 3 is 3.00 bits per heavy atom. The van der Waals surface area contributed by atoms with Gasteiger partial charge in [0.1, 0.15) is 12.4 Å². The smallest absolute Gasteiger partial charge is 0.186 e. The average Bonchev–Trinajstić information content (AvgIpc) is 2.32. The summed E-state index contributed by atoms with van der Waals surface area (Å²) in [6.45, 7) is 0.381. The number of ether oxygens (including phenoxy) is 1. The van der Waals surface area contributed by atoms with Gasteiger partial charge in [0.2, 0.25) is 0 Å². The van der Waals surface area contributed by atoms with Crippen molar-refractivity contribution in [1.29, 1.82) is 0 Å². The number of hydrogen-bond donors (Lipinski definition) is 0. The molecule has 60 valence electrons. The van der Waals surface area contributed by atoms with Gasteiger partial charge in [0.25, 0.3) is 0 Å². The normalized spacial score (nSPS) is 10.0. The van der Waals surface area contributed by atoms with Crippen LogP contribution in [0.2, 0.25) is 0 Å². The Kier molecular flexibility index (Phi) is 2.84. The second-order valence-corrected chi connectivity index (χ2v) is 2.83. The largest absolute Gasteiger partial charge is 0.455 e. The first kappa shape index (κ1) is 8.49. The van der Waals surface area contributed by atoms with Crippen LogP contribution in [0, 0.1) is 0 Å². The number of furan rings is 1. The second kappa shape index (κ2) is 3.69. The van der Waals surface area contributed by atoms with E-state index < -0.39 is 0 Å². The molecule has 0 saturated heterocycles. The van der Waals surface area contributed by atoms with Gasteiger partial charge in [0.05, 0.1) is 4.47 Å². The van der Waals surface area contributed by atoms with E-state index in [-0.39, 0.29) is 0 Å². The third-order valence-corrected chi connectivity index (χ3v) is 1.78. The fraction of sp³-hybridized carbons (Fsp3) is 0.286. The lowest BCUT2D eigenvalue weighted by Gasteiger charge is -1.89. The molecule has 0 amide bonds. The third-order valence-electron chi connectivity index (χ3n) is 1.16. The first-order valence-corrected chi connectivity index (χ1v) is 3.79. The van der Waals surface area contributed by atoms with Crippen molar-refractivity contribution < 1.29 is 13.9 Å². The van der Waals surface area contributed by atoms with Gasteiger partial charge in [-0.3, -0.25) is 4.79 Å². The molecule has 1 aromatic rings. The fourth-order valence-corrected chi connectivity index (χ4v) is 1.16. The van der Waals surface area contributed by atoms with Crippen LogP contribution in [0.15, 0.2) is 15.0 Å². The maximum absolute atomic E-state index is 10.3. The van der Waals surface area contributed by atoms with Crippen LogP contribution in [-0.2, 0) is 11.3 Å². The van der Waals surface area contributed by atoms with Crippen LogP contribution in [0.1, 0.15) is 16.3 Å². The summed E-state index contributed by atoms with van der Waals surface area (Å²) in [5.41, 5.74) is 0. The van der Waals surface area contributed by atoms with Crippen LogP contribution in [0.3, 0.4) is 0 Å². The Morgan fingerprint density at radius 1 is 1.82 bits per heavy atom. The maximum atomic E-state index is 10.3. The van der Waals surface area contributed by atoms with Crippen LogP contribution >= 0.6 is 15.9 Å². The Balaban J connectivity index is 2.86. The molecule has 1 heterocycles. The molecule has 4 heteroatoms. The van der Waals surface area contributed by atoms with Crippen molar-refractivity contribution in [2.75, 3.05) is 7.11 Å². The zero-order chi connectivity index (χ0) is 8.27. The topological polar surface area (TPSA) is 39.4 Å². The van der Waals surface area contributed by atoms with Crippen LogP contribution < -0.4 is 0 Å². The lowest BCUT2D eigenvalue weighted by atomic mass is 10.4. The number of aldehydes is 1. The molecule has 0 spiro atoms. The molecule has 1 rings (SSSR count). The molecule has 0 atom stereocenters. The predicted octanol–water partition coefficient (Wildman–Crippen LogP) is 2.00. The third kappa shape index (κ3) is 1.91. The minimum absolute atomic E-state index is 0.303. The molecule has 0 bridgehead atoms. The van der Waals surface area contributed by atoms with Crippen molar-refractivity contribution in [2.45, 2.75) is 6.61 Å². The number of carbonyl (C=O) groups excluding carboxylic acids is 1. The number of methoxy groups -OCH3 is 1. The Bertz CT molecular complexity index is 254. The zero-order valence-electron chi connectivity index (χ0n) is 5.96.